The predicted molar refractivity (Wildman–Crippen MR) is 80.4 cm³/mol. The largest absolute Gasteiger partial charge is 0.491 e. The van der Waals surface area contributed by atoms with Gasteiger partial charge in [-0.05, 0) is 36.9 Å². The molecule has 2 aromatic carbocycles. The minimum atomic E-state index is -0.311. The topological polar surface area (TPSA) is 39.4 Å². The number of ether oxygens (including phenoxy) is 1. The molecule has 0 saturated carbocycles. The van der Waals surface area contributed by atoms with Gasteiger partial charge >= 0.3 is 5.63 Å². The van der Waals surface area contributed by atoms with E-state index in [0.29, 0.717) is 11.0 Å². The standard InChI is InChI=1S/C17H16O3/c1-3-11(2)19-12-8-9-14-13-6-4-5-7-15(13)17(18)20-16(14)10-12/h4-11H,3H2,1-2H3. The van der Waals surface area contributed by atoms with E-state index in [4.69, 9.17) is 9.15 Å². The van der Waals surface area contributed by atoms with E-state index in [0.717, 1.165) is 22.9 Å². The van der Waals surface area contributed by atoms with Crippen LogP contribution in [0.15, 0.2) is 51.7 Å². The maximum absolute atomic E-state index is 12.0. The lowest BCUT2D eigenvalue weighted by molar-refractivity contribution is 0.217. The van der Waals surface area contributed by atoms with E-state index in [1.165, 1.54) is 0 Å². The van der Waals surface area contributed by atoms with Crippen LogP contribution in [0.2, 0.25) is 0 Å². The highest BCUT2D eigenvalue weighted by Crippen LogP contribution is 2.26. The summed E-state index contributed by atoms with van der Waals surface area (Å²) in [6.07, 6.45) is 1.07. The molecule has 1 aromatic heterocycles. The summed E-state index contributed by atoms with van der Waals surface area (Å²) >= 11 is 0. The summed E-state index contributed by atoms with van der Waals surface area (Å²) in [6, 6.07) is 13.1. The van der Waals surface area contributed by atoms with Gasteiger partial charge in [0.25, 0.3) is 0 Å². The van der Waals surface area contributed by atoms with Crippen LogP contribution in [0.5, 0.6) is 5.75 Å². The number of rotatable bonds is 3. The Kier molecular flexibility index (Phi) is 3.18. The van der Waals surface area contributed by atoms with Crippen LogP contribution in [0.4, 0.5) is 0 Å². The van der Waals surface area contributed by atoms with Crippen LogP contribution in [0.1, 0.15) is 20.3 Å². The molecule has 3 aromatic rings. The normalized spacial score (nSPS) is 12.7. The van der Waals surface area contributed by atoms with Crippen LogP contribution in [-0.2, 0) is 0 Å². The fourth-order valence-electron chi connectivity index (χ4n) is 2.25. The Morgan fingerprint density at radius 2 is 1.85 bits per heavy atom. The zero-order chi connectivity index (χ0) is 14.1. The summed E-state index contributed by atoms with van der Waals surface area (Å²) in [7, 11) is 0. The van der Waals surface area contributed by atoms with Crippen LogP contribution in [0.25, 0.3) is 21.7 Å². The lowest BCUT2D eigenvalue weighted by Gasteiger charge is -2.12. The van der Waals surface area contributed by atoms with Gasteiger partial charge in [-0.15, -0.1) is 0 Å². The summed E-state index contributed by atoms with van der Waals surface area (Å²) in [5.74, 6) is 0.727. The Morgan fingerprint density at radius 1 is 1.10 bits per heavy atom. The molecule has 3 heteroatoms. The summed E-state index contributed by atoms with van der Waals surface area (Å²) in [4.78, 5) is 12.0. The second kappa shape index (κ2) is 5.00. The molecule has 0 N–H and O–H groups in total. The van der Waals surface area contributed by atoms with Crippen molar-refractivity contribution in [2.45, 2.75) is 26.4 Å². The second-order valence-electron chi connectivity index (χ2n) is 4.93. The smallest absolute Gasteiger partial charge is 0.344 e. The molecule has 0 aliphatic heterocycles. The molecule has 3 nitrogen and oxygen atoms in total. The van der Waals surface area contributed by atoms with Gasteiger partial charge in [-0.3, -0.25) is 0 Å². The van der Waals surface area contributed by atoms with Gasteiger partial charge < -0.3 is 9.15 Å². The van der Waals surface area contributed by atoms with Crippen molar-refractivity contribution in [3.63, 3.8) is 0 Å². The lowest BCUT2D eigenvalue weighted by atomic mass is 10.1. The molecule has 0 amide bonds. The second-order valence-corrected chi connectivity index (χ2v) is 4.93. The minimum absolute atomic E-state index is 0.139. The molecule has 1 atom stereocenters. The molecule has 0 bridgehead atoms. The Bertz CT molecular complexity index is 817. The molecule has 102 valence electrons. The summed E-state index contributed by atoms with van der Waals surface area (Å²) in [5, 5.41) is 2.45. The molecule has 0 aliphatic rings. The Morgan fingerprint density at radius 3 is 2.60 bits per heavy atom. The highest BCUT2D eigenvalue weighted by molar-refractivity contribution is 6.04. The third-order valence-electron chi connectivity index (χ3n) is 3.51. The molecular formula is C17H16O3. The van der Waals surface area contributed by atoms with Crippen LogP contribution in [0, 0.1) is 0 Å². The molecule has 0 spiro atoms. The molecule has 3 rings (SSSR count). The maximum Gasteiger partial charge on any atom is 0.344 e. The summed E-state index contributed by atoms with van der Waals surface area (Å²) in [6.45, 7) is 4.08. The zero-order valence-electron chi connectivity index (χ0n) is 11.6. The maximum atomic E-state index is 12.0. The van der Waals surface area contributed by atoms with E-state index in [1.807, 2.05) is 37.3 Å². The van der Waals surface area contributed by atoms with Gasteiger partial charge in [0.1, 0.15) is 11.3 Å². The predicted octanol–water partition coefficient (Wildman–Crippen LogP) is 4.12. The average Bonchev–Trinajstić information content (AvgIpc) is 2.47. The summed E-state index contributed by atoms with van der Waals surface area (Å²) < 4.78 is 11.2. The fraction of sp³-hybridized carbons (Fsp3) is 0.235. The fourth-order valence-corrected chi connectivity index (χ4v) is 2.25. The molecule has 1 unspecified atom stereocenters. The van der Waals surface area contributed by atoms with Crippen molar-refractivity contribution < 1.29 is 9.15 Å². The number of hydrogen-bond acceptors (Lipinski definition) is 3. The lowest BCUT2D eigenvalue weighted by Crippen LogP contribution is -2.09. The van der Waals surface area contributed by atoms with Gasteiger partial charge in [0.2, 0.25) is 0 Å². The molecular weight excluding hydrogens is 252 g/mol. The number of fused-ring (bicyclic) bond motifs is 3. The highest BCUT2D eigenvalue weighted by atomic mass is 16.5. The average molecular weight is 268 g/mol. The van der Waals surface area contributed by atoms with Gasteiger partial charge in [0, 0.05) is 11.5 Å². The Labute approximate surface area is 116 Å². The van der Waals surface area contributed by atoms with Crippen LogP contribution in [0.3, 0.4) is 0 Å². The van der Waals surface area contributed by atoms with Gasteiger partial charge in [-0.25, -0.2) is 4.79 Å². The first kappa shape index (κ1) is 12.7. The first-order valence-electron chi connectivity index (χ1n) is 6.81. The SMILES string of the molecule is CCC(C)Oc1ccc2c(c1)oc(=O)c1ccccc12. The summed E-state index contributed by atoms with van der Waals surface area (Å²) in [5.41, 5.74) is 0.253. The molecule has 0 saturated heterocycles. The van der Waals surface area contributed by atoms with Crippen molar-refractivity contribution in [1.29, 1.82) is 0 Å². The third kappa shape index (κ3) is 2.16. The van der Waals surface area contributed by atoms with Crippen LogP contribution >= 0.6 is 0 Å². The van der Waals surface area contributed by atoms with Crippen LogP contribution in [-0.4, -0.2) is 6.10 Å². The Balaban J connectivity index is 2.21. The van der Waals surface area contributed by atoms with E-state index in [9.17, 15) is 4.79 Å². The molecule has 0 aliphatic carbocycles. The van der Waals surface area contributed by atoms with Gasteiger partial charge in [0.05, 0.1) is 11.5 Å². The van der Waals surface area contributed by atoms with E-state index < -0.39 is 0 Å². The van der Waals surface area contributed by atoms with Crippen molar-refractivity contribution in [3.05, 3.63) is 52.9 Å². The third-order valence-corrected chi connectivity index (χ3v) is 3.51. The molecule has 0 radical (unpaired) electrons. The van der Waals surface area contributed by atoms with Crippen molar-refractivity contribution in [2.24, 2.45) is 0 Å². The van der Waals surface area contributed by atoms with Gasteiger partial charge in [-0.2, -0.15) is 0 Å². The van der Waals surface area contributed by atoms with Crippen molar-refractivity contribution in [3.8, 4) is 5.75 Å². The quantitative estimate of drug-likeness (QED) is 0.529. The van der Waals surface area contributed by atoms with E-state index in [-0.39, 0.29) is 11.7 Å². The minimum Gasteiger partial charge on any atom is -0.491 e. The monoisotopic (exact) mass is 268 g/mol. The highest BCUT2D eigenvalue weighted by Gasteiger charge is 2.08. The van der Waals surface area contributed by atoms with Crippen molar-refractivity contribution in [1.82, 2.24) is 0 Å². The number of hydrogen-bond donors (Lipinski definition) is 0. The van der Waals surface area contributed by atoms with Gasteiger partial charge in [0.15, 0.2) is 0 Å². The van der Waals surface area contributed by atoms with Gasteiger partial charge in [-0.1, -0.05) is 25.1 Å². The molecule has 1 heterocycles. The van der Waals surface area contributed by atoms with E-state index in [1.54, 1.807) is 12.1 Å². The number of benzene rings is 2. The first-order chi connectivity index (χ1) is 9.69. The van der Waals surface area contributed by atoms with Crippen molar-refractivity contribution in [2.75, 3.05) is 0 Å². The first-order valence-corrected chi connectivity index (χ1v) is 6.81. The molecule has 0 fully saturated rings. The van der Waals surface area contributed by atoms with Crippen molar-refractivity contribution >= 4 is 21.7 Å². The molecule has 20 heavy (non-hydrogen) atoms. The van der Waals surface area contributed by atoms with E-state index in [2.05, 4.69) is 6.92 Å². The Hall–Kier alpha value is -2.29. The zero-order valence-corrected chi connectivity index (χ0v) is 11.6. The van der Waals surface area contributed by atoms with Crippen LogP contribution < -0.4 is 10.4 Å². The van der Waals surface area contributed by atoms with E-state index >= 15 is 0 Å².